The van der Waals surface area contributed by atoms with Crippen molar-refractivity contribution in [2.45, 2.75) is 12.8 Å². The summed E-state index contributed by atoms with van der Waals surface area (Å²) in [5.74, 6) is -0.341. The van der Waals surface area contributed by atoms with Crippen LogP contribution in [0.2, 0.25) is 0 Å². The molecule has 0 saturated carbocycles. The van der Waals surface area contributed by atoms with Crippen molar-refractivity contribution in [2.75, 3.05) is 18.1 Å². The molecule has 2 rings (SSSR count). The van der Waals surface area contributed by atoms with E-state index in [1.54, 1.807) is 0 Å². The lowest BCUT2D eigenvalue weighted by molar-refractivity contribution is -0.124. The molecule has 0 aromatic heterocycles. The molecule has 1 atom stereocenters. The van der Waals surface area contributed by atoms with Crippen LogP contribution >= 0.6 is 0 Å². The van der Waals surface area contributed by atoms with Crippen LogP contribution in [0.1, 0.15) is 12.0 Å². The van der Waals surface area contributed by atoms with Crippen molar-refractivity contribution in [1.82, 2.24) is 5.32 Å². The molecule has 4 nitrogen and oxygen atoms in total. The van der Waals surface area contributed by atoms with Gasteiger partial charge in [0.2, 0.25) is 5.91 Å². The maximum absolute atomic E-state index is 11.7. The molecule has 1 unspecified atom stereocenters. The van der Waals surface area contributed by atoms with Gasteiger partial charge in [0.15, 0.2) is 9.84 Å². The Hall–Kier alpha value is -1.36. The Morgan fingerprint density at radius 2 is 2.00 bits per heavy atom. The van der Waals surface area contributed by atoms with E-state index in [1.807, 2.05) is 30.3 Å². The highest BCUT2D eigenvalue weighted by molar-refractivity contribution is 7.91. The topological polar surface area (TPSA) is 63.2 Å². The van der Waals surface area contributed by atoms with E-state index in [9.17, 15) is 13.2 Å². The Bertz CT molecular complexity index is 510. The minimum atomic E-state index is -2.98. The lowest BCUT2D eigenvalue weighted by Crippen LogP contribution is -2.32. The van der Waals surface area contributed by atoms with Gasteiger partial charge in [0.1, 0.15) is 0 Å². The van der Waals surface area contributed by atoms with Crippen molar-refractivity contribution < 1.29 is 13.2 Å². The molecule has 1 aromatic rings. The molecular weight excluding hydrogens is 250 g/mol. The highest BCUT2D eigenvalue weighted by Crippen LogP contribution is 2.18. The molecule has 0 aliphatic carbocycles. The first-order chi connectivity index (χ1) is 8.57. The molecule has 5 heteroatoms. The van der Waals surface area contributed by atoms with Crippen LogP contribution in [0.5, 0.6) is 0 Å². The highest BCUT2D eigenvalue weighted by Gasteiger charge is 2.32. The van der Waals surface area contributed by atoms with Crippen LogP contribution in [0.25, 0.3) is 0 Å². The van der Waals surface area contributed by atoms with Crippen LogP contribution in [0.15, 0.2) is 30.3 Å². The Labute approximate surface area is 107 Å². The van der Waals surface area contributed by atoms with Crippen molar-refractivity contribution in [2.24, 2.45) is 5.92 Å². The number of amides is 1. The van der Waals surface area contributed by atoms with Gasteiger partial charge in [-0.15, -0.1) is 0 Å². The molecule has 1 N–H and O–H groups in total. The zero-order valence-corrected chi connectivity index (χ0v) is 10.9. The summed E-state index contributed by atoms with van der Waals surface area (Å²) in [7, 11) is -2.98. The second-order valence-electron chi connectivity index (χ2n) is 4.63. The molecule has 1 heterocycles. The summed E-state index contributed by atoms with van der Waals surface area (Å²) in [4.78, 5) is 11.7. The number of nitrogens with one attached hydrogen (secondary N) is 1. The average Bonchev–Trinajstić information content (AvgIpc) is 2.71. The van der Waals surface area contributed by atoms with Gasteiger partial charge in [-0.1, -0.05) is 30.3 Å². The van der Waals surface area contributed by atoms with Crippen molar-refractivity contribution in [3.05, 3.63) is 35.9 Å². The highest BCUT2D eigenvalue weighted by atomic mass is 32.2. The van der Waals surface area contributed by atoms with Crippen LogP contribution in [-0.4, -0.2) is 32.4 Å². The Kier molecular flexibility index (Phi) is 4.01. The van der Waals surface area contributed by atoms with Gasteiger partial charge in [0.05, 0.1) is 17.4 Å². The third-order valence-corrected chi connectivity index (χ3v) is 4.93. The third kappa shape index (κ3) is 3.57. The van der Waals surface area contributed by atoms with E-state index in [0.717, 1.165) is 12.0 Å². The summed E-state index contributed by atoms with van der Waals surface area (Å²) in [5.41, 5.74) is 1.16. The lowest BCUT2D eigenvalue weighted by Gasteiger charge is -2.09. The van der Waals surface area contributed by atoms with Gasteiger partial charge >= 0.3 is 0 Å². The lowest BCUT2D eigenvalue weighted by atomic mass is 10.1. The molecule has 1 aliphatic heterocycles. The van der Waals surface area contributed by atoms with E-state index in [1.165, 1.54) is 0 Å². The maximum atomic E-state index is 11.7. The summed E-state index contributed by atoms with van der Waals surface area (Å²) in [6.07, 6.45) is 1.23. The first kappa shape index (κ1) is 13.1. The number of carbonyl (C=O) groups excluding carboxylic acids is 1. The van der Waals surface area contributed by atoms with E-state index in [-0.39, 0.29) is 23.3 Å². The number of hydrogen-bond acceptors (Lipinski definition) is 3. The first-order valence-corrected chi connectivity index (χ1v) is 7.91. The molecule has 18 heavy (non-hydrogen) atoms. The van der Waals surface area contributed by atoms with Gasteiger partial charge in [-0.2, -0.15) is 0 Å². The van der Waals surface area contributed by atoms with Crippen molar-refractivity contribution >= 4 is 15.7 Å². The van der Waals surface area contributed by atoms with Crippen LogP contribution in [-0.2, 0) is 21.1 Å². The third-order valence-electron chi connectivity index (χ3n) is 3.16. The Morgan fingerprint density at radius 3 is 2.61 bits per heavy atom. The quantitative estimate of drug-likeness (QED) is 0.877. The number of hydrogen-bond donors (Lipinski definition) is 1. The molecule has 1 aliphatic rings. The van der Waals surface area contributed by atoms with Gasteiger partial charge in [-0.25, -0.2) is 8.42 Å². The average molecular weight is 267 g/mol. The van der Waals surface area contributed by atoms with E-state index >= 15 is 0 Å². The molecule has 0 bridgehead atoms. The standard InChI is InChI=1S/C13H17NO3S/c15-13(12-7-9-18(16,17)10-12)14-8-6-11-4-2-1-3-5-11/h1-5,12H,6-10H2,(H,14,15). The molecule has 1 amide bonds. The normalized spacial score (nSPS) is 21.7. The minimum Gasteiger partial charge on any atom is -0.356 e. The smallest absolute Gasteiger partial charge is 0.224 e. The van der Waals surface area contributed by atoms with Gasteiger partial charge < -0.3 is 5.32 Å². The van der Waals surface area contributed by atoms with Gasteiger partial charge in [0.25, 0.3) is 0 Å². The van der Waals surface area contributed by atoms with E-state index in [4.69, 9.17) is 0 Å². The summed E-state index contributed by atoms with van der Waals surface area (Å²) >= 11 is 0. The van der Waals surface area contributed by atoms with Gasteiger partial charge in [-0.3, -0.25) is 4.79 Å². The second-order valence-corrected chi connectivity index (χ2v) is 6.86. The van der Waals surface area contributed by atoms with Crippen LogP contribution in [0.3, 0.4) is 0 Å². The van der Waals surface area contributed by atoms with Crippen LogP contribution in [0, 0.1) is 5.92 Å². The second kappa shape index (κ2) is 5.52. The zero-order chi connectivity index (χ0) is 13.0. The molecule has 1 fully saturated rings. The monoisotopic (exact) mass is 267 g/mol. The predicted octanol–water partition coefficient (Wildman–Crippen LogP) is 0.780. The maximum Gasteiger partial charge on any atom is 0.224 e. The largest absolute Gasteiger partial charge is 0.356 e. The molecular formula is C13H17NO3S. The number of sulfone groups is 1. The van der Waals surface area contributed by atoms with E-state index in [2.05, 4.69) is 5.32 Å². The summed E-state index contributed by atoms with van der Waals surface area (Å²) in [6.45, 7) is 0.555. The van der Waals surface area contributed by atoms with E-state index < -0.39 is 9.84 Å². The van der Waals surface area contributed by atoms with Crippen molar-refractivity contribution in [1.29, 1.82) is 0 Å². The summed E-state index contributed by atoms with van der Waals surface area (Å²) in [5, 5.41) is 2.81. The molecule has 1 aromatic carbocycles. The van der Waals surface area contributed by atoms with Crippen LogP contribution in [0.4, 0.5) is 0 Å². The van der Waals surface area contributed by atoms with E-state index in [0.29, 0.717) is 13.0 Å². The minimum absolute atomic E-state index is 0.00414. The number of carbonyl (C=O) groups is 1. The predicted molar refractivity (Wildman–Crippen MR) is 69.9 cm³/mol. The molecule has 0 radical (unpaired) electrons. The van der Waals surface area contributed by atoms with Crippen LogP contribution < -0.4 is 5.32 Å². The molecule has 98 valence electrons. The fourth-order valence-corrected chi connectivity index (χ4v) is 3.86. The fourth-order valence-electron chi connectivity index (χ4n) is 2.12. The summed E-state index contributed by atoms with van der Waals surface area (Å²) in [6, 6.07) is 9.88. The van der Waals surface area contributed by atoms with Gasteiger partial charge in [-0.05, 0) is 18.4 Å². The molecule has 0 spiro atoms. The zero-order valence-electron chi connectivity index (χ0n) is 10.1. The van der Waals surface area contributed by atoms with Crippen molar-refractivity contribution in [3.63, 3.8) is 0 Å². The summed E-state index contributed by atoms with van der Waals surface area (Å²) < 4.78 is 22.5. The first-order valence-electron chi connectivity index (χ1n) is 6.09. The Balaban J connectivity index is 1.76. The van der Waals surface area contributed by atoms with Crippen molar-refractivity contribution in [3.8, 4) is 0 Å². The fraction of sp³-hybridized carbons (Fsp3) is 0.462. The number of benzene rings is 1. The van der Waals surface area contributed by atoms with Gasteiger partial charge in [0, 0.05) is 6.54 Å². The SMILES string of the molecule is O=C(NCCc1ccccc1)C1CCS(=O)(=O)C1. The number of rotatable bonds is 4. The molecule has 1 saturated heterocycles. The Morgan fingerprint density at radius 1 is 1.28 bits per heavy atom.